The minimum atomic E-state index is -1.27. The van der Waals surface area contributed by atoms with Crippen molar-refractivity contribution in [3.05, 3.63) is 41.4 Å². The van der Waals surface area contributed by atoms with Gasteiger partial charge in [0, 0.05) is 41.6 Å². The molecule has 7 nitrogen and oxygen atoms in total. The average Bonchev–Trinajstić information content (AvgIpc) is 2.72. The molecule has 0 saturated carbocycles. The maximum atomic E-state index is 12.4. The number of carbonyl (C=O) groups excluding carboxylic acids is 2. The van der Waals surface area contributed by atoms with Crippen LogP contribution in [0.2, 0.25) is 0 Å². The van der Waals surface area contributed by atoms with Crippen LogP contribution >= 0.6 is 0 Å². The highest BCUT2D eigenvalue weighted by atomic mass is 32.2. The highest BCUT2D eigenvalue weighted by Crippen LogP contribution is 2.23. The molecular weight excluding hydrogens is 404 g/mol. The number of hydrogen-bond acceptors (Lipinski definition) is 4. The number of Topliss-reactive ketones (excluding diaryl/α,β-unsaturated/α-hetero) is 2. The van der Waals surface area contributed by atoms with E-state index in [1.54, 1.807) is 0 Å². The van der Waals surface area contributed by atoms with Gasteiger partial charge in [0.2, 0.25) is 5.78 Å². The second-order valence-electron chi connectivity index (χ2n) is 7.20. The molecule has 0 aliphatic heterocycles. The summed E-state index contributed by atoms with van der Waals surface area (Å²) in [5.74, 6) is -0.914. The number of aliphatic carboxylic acids is 1. The summed E-state index contributed by atoms with van der Waals surface area (Å²) in [5.41, 5.74) is 9.96. The van der Waals surface area contributed by atoms with Crippen molar-refractivity contribution < 1.29 is 28.5 Å². The van der Waals surface area contributed by atoms with E-state index in [1.165, 1.54) is 0 Å². The molecule has 2 unspecified atom stereocenters. The van der Waals surface area contributed by atoms with Crippen LogP contribution in [0.1, 0.15) is 69.8 Å². The summed E-state index contributed by atoms with van der Waals surface area (Å²) in [6.45, 7) is 1.92. The Balaban J connectivity index is 2.47. The number of carbonyl (C=O) groups is 3. The summed E-state index contributed by atoms with van der Waals surface area (Å²) in [6.07, 6.45) is 2.62. The highest BCUT2D eigenvalue weighted by Gasteiger charge is 2.22. The Bertz CT molecular complexity index is 788. The van der Waals surface area contributed by atoms with E-state index < -0.39 is 16.8 Å². The van der Waals surface area contributed by atoms with Gasteiger partial charge in [0.15, 0.2) is 0 Å². The van der Waals surface area contributed by atoms with Crippen molar-refractivity contribution in [1.29, 1.82) is 0 Å². The third-order valence-corrected chi connectivity index (χ3v) is 6.13. The maximum Gasteiger partial charge on any atom is 0.335 e. The van der Waals surface area contributed by atoms with Gasteiger partial charge in [-0.05, 0) is 30.7 Å². The molecule has 0 spiro atoms. The minimum Gasteiger partial charge on any atom is -0.481 e. The van der Waals surface area contributed by atoms with Crippen LogP contribution in [0.5, 0.6) is 0 Å². The van der Waals surface area contributed by atoms with Gasteiger partial charge in [-0.25, -0.2) is 0 Å². The summed E-state index contributed by atoms with van der Waals surface area (Å²) in [5, 5.41) is 9.14. The van der Waals surface area contributed by atoms with E-state index in [-0.39, 0.29) is 48.2 Å². The molecule has 0 bridgehead atoms. The molecule has 8 heteroatoms. The van der Waals surface area contributed by atoms with Gasteiger partial charge in [-0.2, -0.15) is 4.79 Å². The molecule has 0 aliphatic carbocycles. The van der Waals surface area contributed by atoms with Crippen LogP contribution in [-0.2, 0) is 25.2 Å². The molecule has 0 saturated heterocycles. The zero-order valence-electron chi connectivity index (χ0n) is 17.4. The molecular formula is C22H30N2O5S. The first-order valence-electron chi connectivity index (χ1n) is 10.2. The Morgan fingerprint density at radius 3 is 2.37 bits per heavy atom. The van der Waals surface area contributed by atoms with Gasteiger partial charge < -0.3 is 10.6 Å². The van der Waals surface area contributed by atoms with Crippen molar-refractivity contribution in [2.45, 2.75) is 64.2 Å². The molecule has 1 aromatic rings. The van der Waals surface area contributed by atoms with Crippen LogP contribution in [0.4, 0.5) is 0 Å². The van der Waals surface area contributed by atoms with Gasteiger partial charge in [-0.1, -0.05) is 37.3 Å². The fourth-order valence-corrected chi connectivity index (χ4v) is 4.32. The first-order chi connectivity index (χ1) is 14.4. The Hall–Kier alpha value is -2.44. The SMILES string of the molecule is CCCC(=O)CCCC(=O)C(CCS(=O)CCC(CC(=O)O)c1ccccc1)=[N+]=[N-]. The maximum absolute atomic E-state index is 12.4. The summed E-state index contributed by atoms with van der Waals surface area (Å²) in [7, 11) is -1.27. The van der Waals surface area contributed by atoms with E-state index in [2.05, 4.69) is 4.79 Å². The predicted octanol–water partition coefficient (Wildman–Crippen LogP) is 3.55. The number of carboxylic acids is 1. The van der Waals surface area contributed by atoms with Crippen molar-refractivity contribution >= 4 is 34.0 Å². The number of nitrogens with zero attached hydrogens (tertiary/aromatic N) is 2. The van der Waals surface area contributed by atoms with Crippen LogP contribution < -0.4 is 0 Å². The van der Waals surface area contributed by atoms with Crippen LogP contribution in [0.25, 0.3) is 5.53 Å². The highest BCUT2D eigenvalue weighted by molar-refractivity contribution is 7.85. The molecule has 0 amide bonds. The van der Waals surface area contributed by atoms with Gasteiger partial charge in [-0.15, -0.1) is 0 Å². The first kappa shape index (κ1) is 25.6. The second kappa shape index (κ2) is 14.5. The molecule has 2 atom stereocenters. The van der Waals surface area contributed by atoms with E-state index in [0.29, 0.717) is 31.4 Å². The van der Waals surface area contributed by atoms with E-state index in [0.717, 1.165) is 12.0 Å². The topological polar surface area (TPSA) is 125 Å². The summed E-state index contributed by atoms with van der Waals surface area (Å²) >= 11 is 0. The monoisotopic (exact) mass is 434 g/mol. The molecule has 164 valence electrons. The third kappa shape index (κ3) is 10.4. The van der Waals surface area contributed by atoms with Crippen molar-refractivity contribution in [2.75, 3.05) is 11.5 Å². The standard InChI is InChI=1S/C22H30N2O5S/c1-2-7-19(25)10-6-11-21(26)20(24-23)13-15-30(29)14-12-18(16-22(27)28)17-8-4-3-5-9-17/h3-5,8-9,18H,2,6-7,10-16H2,1H3,(H,27,28). The Labute approximate surface area is 180 Å². The quantitative estimate of drug-likeness (QED) is 0.242. The van der Waals surface area contributed by atoms with Crippen molar-refractivity contribution in [3.8, 4) is 0 Å². The van der Waals surface area contributed by atoms with Gasteiger partial charge in [0.1, 0.15) is 5.78 Å². The Kier molecular flexibility index (Phi) is 12.4. The largest absolute Gasteiger partial charge is 0.481 e. The molecule has 0 heterocycles. The summed E-state index contributed by atoms with van der Waals surface area (Å²) in [4.78, 5) is 37.8. The minimum absolute atomic E-state index is 0.0311. The molecule has 1 aromatic carbocycles. The number of benzene rings is 1. The molecule has 1 N–H and O–H groups in total. The van der Waals surface area contributed by atoms with E-state index in [4.69, 9.17) is 10.6 Å². The fourth-order valence-electron chi connectivity index (χ4n) is 3.15. The van der Waals surface area contributed by atoms with Crippen LogP contribution in [0, 0.1) is 0 Å². The second-order valence-corrected chi connectivity index (χ2v) is 8.90. The average molecular weight is 435 g/mol. The number of carboxylic acid groups (broad SMARTS) is 1. The summed E-state index contributed by atoms with van der Waals surface area (Å²) in [6, 6.07) is 9.25. The van der Waals surface area contributed by atoms with Crippen molar-refractivity contribution in [3.63, 3.8) is 0 Å². The number of hydrogen-bond donors (Lipinski definition) is 1. The van der Waals surface area contributed by atoms with E-state index in [1.807, 2.05) is 37.3 Å². The molecule has 0 aliphatic rings. The molecule has 0 aromatic heterocycles. The van der Waals surface area contributed by atoms with E-state index >= 15 is 0 Å². The number of ketones is 2. The Morgan fingerprint density at radius 1 is 1.07 bits per heavy atom. The molecule has 0 radical (unpaired) electrons. The van der Waals surface area contributed by atoms with Crippen molar-refractivity contribution in [2.24, 2.45) is 0 Å². The molecule has 30 heavy (non-hydrogen) atoms. The van der Waals surface area contributed by atoms with Gasteiger partial charge >= 0.3 is 11.7 Å². The van der Waals surface area contributed by atoms with Crippen LogP contribution in [0.3, 0.4) is 0 Å². The molecule has 0 fully saturated rings. The third-order valence-electron chi connectivity index (χ3n) is 4.78. The van der Waals surface area contributed by atoms with Gasteiger partial charge in [-0.3, -0.25) is 18.6 Å². The smallest absolute Gasteiger partial charge is 0.335 e. The Morgan fingerprint density at radius 2 is 1.77 bits per heavy atom. The normalized spacial score (nSPS) is 12.6. The fraction of sp³-hybridized carbons (Fsp3) is 0.545. The zero-order chi connectivity index (χ0) is 22.4. The number of rotatable bonds is 16. The lowest BCUT2D eigenvalue weighted by Gasteiger charge is -2.15. The summed E-state index contributed by atoms with van der Waals surface area (Å²) < 4.78 is 12.4. The van der Waals surface area contributed by atoms with Crippen LogP contribution in [0.15, 0.2) is 30.3 Å². The lowest BCUT2D eigenvalue weighted by atomic mass is 9.93. The predicted molar refractivity (Wildman–Crippen MR) is 116 cm³/mol. The first-order valence-corrected chi connectivity index (χ1v) is 11.7. The zero-order valence-corrected chi connectivity index (χ0v) is 18.2. The lowest BCUT2D eigenvalue weighted by Crippen LogP contribution is -2.19. The lowest BCUT2D eigenvalue weighted by molar-refractivity contribution is -0.137. The van der Waals surface area contributed by atoms with Gasteiger partial charge in [0.25, 0.3) is 0 Å². The van der Waals surface area contributed by atoms with Crippen molar-refractivity contribution in [1.82, 2.24) is 0 Å². The van der Waals surface area contributed by atoms with Gasteiger partial charge in [0.05, 0.1) is 12.8 Å². The van der Waals surface area contributed by atoms with Crippen LogP contribution in [-0.4, -0.2) is 48.9 Å². The molecule has 1 rings (SSSR count). The van der Waals surface area contributed by atoms with E-state index in [9.17, 15) is 18.6 Å².